The molecule has 0 aromatic rings. The highest BCUT2D eigenvalue weighted by molar-refractivity contribution is 6.09. The lowest BCUT2D eigenvalue weighted by atomic mass is 9.75. The fourth-order valence-corrected chi connectivity index (χ4v) is 4.66. The molecule has 3 fully saturated rings. The predicted octanol–water partition coefficient (Wildman–Crippen LogP) is 2.57. The average molecular weight is 349 g/mol. The highest BCUT2D eigenvalue weighted by atomic mass is 16.2. The Morgan fingerprint density at radius 2 is 1.88 bits per heavy atom. The van der Waals surface area contributed by atoms with Crippen molar-refractivity contribution in [2.45, 2.75) is 83.2 Å². The summed E-state index contributed by atoms with van der Waals surface area (Å²) in [5.41, 5.74) is -0.763. The fourth-order valence-electron chi connectivity index (χ4n) is 4.66. The molecule has 0 unspecified atom stereocenters. The first-order valence-electron chi connectivity index (χ1n) is 9.88. The van der Waals surface area contributed by atoms with E-state index >= 15 is 0 Å². The van der Waals surface area contributed by atoms with Gasteiger partial charge in [0, 0.05) is 6.04 Å². The van der Waals surface area contributed by atoms with Gasteiger partial charge in [0.25, 0.3) is 5.91 Å². The van der Waals surface area contributed by atoms with Crippen LogP contribution in [0.1, 0.15) is 71.6 Å². The summed E-state index contributed by atoms with van der Waals surface area (Å²) in [4.78, 5) is 38.7. The lowest BCUT2D eigenvalue weighted by Crippen LogP contribution is -2.50. The SMILES string of the molecule is CCC1CCC2(CC1)NC(=O)N(CC(=O)N[C@H]1CCCC[C@@H]1C)C2=O. The van der Waals surface area contributed by atoms with Crippen molar-refractivity contribution >= 4 is 17.8 Å². The molecule has 1 spiro atoms. The number of urea groups is 1. The monoisotopic (exact) mass is 349 g/mol. The zero-order chi connectivity index (χ0) is 18.0. The van der Waals surface area contributed by atoms with E-state index in [-0.39, 0.29) is 24.4 Å². The number of nitrogens with one attached hydrogen (secondary N) is 2. The molecule has 2 N–H and O–H groups in total. The summed E-state index contributed by atoms with van der Waals surface area (Å²) in [6.45, 7) is 4.16. The van der Waals surface area contributed by atoms with Crippen LogP contribution >= 0.6 is 0 Å². The van der Waals surface area contributed by atoms with E-state index in [1.807, 2.05) is 0 Å². The Morgan fingerprint density at radius 1 is 1.20 bits per heavy atom. The molecule has 1 saturated heterocycles. The summed E-state index contributed by atoms with van der Waals surface area (Å²) < 4.78 is 0. The predicted molar refractivity (Wildman–Crippen MR) is 94.8 cm³/mol. The minimum absolute atomic E-state index is 0.160. The number of imide groups is 1. The molecular formula is C19H31N3O3. The van der Waals surface area contributed by atoms with Crippen molar-refractivity contribution in [3.05, 3.63) is 0 Å². The Labute approximate surface area is 150 Å². The molecular weight excluding hydrogens is 318 g/mol. The maximum absolute atomic E-state index is 12.8. The summed E-state index contributed by atoms with van der Waals surface area (Å²) in [6.07, 6.45) is 8.85. The van der Waals surface area contributed by atoms with Crippen LogP contribution in [0.15, 0.2) is 0 Å². The molecule has 2 aliphatic carbocycles. The Morgan fingerprint density at radius 3 is 2.52 bits per heavy atom. The molecule has 2 saturated carbocycles. The third-order valence-corrected chi connectivity index (χ3v) is 6.54. The minimum atomic E-state index is -0.763. The summed E-state index contributed by atoms with van der Waals surface area (Å²) >= 11 is 0. The smallest absolute Gasteiger partial charge is 0.325 e. The third kappa shape index (κ3) is 3.67. The first-order valence-corrected chi connectivity index (χ1v) is 9.88. The quantitative estimate of drug-likeness (QED) is 0.766. The van der Waals surface area contributed by atoms with Gasteiger partial charge in [0.2, 0.25) is 5.91 Å². The normalized spacial score (nSPS) is 35.8. The van der Waals surface area contributed by atoms with Crippen LogP contribution in [0.2, 0.25) is 0 Å². The number of hydrogen-bond donors (Lipinski definition) is 2. The summed E-state index contributed by atoms with van der Waals surface area (Å²) in [5, 5.41) is 5.92. The lowest BCUT2D eigenvalue weighted by Gasteiger charge is -2.34. The molecule has 3 rings (SSSR count). The molecule has 0 aromatic heterocycles. The Kier molecular flexibility index (Phi) is 5.35. The first kappa shape index (κ1) is 18.2. The zero-order valence-corrected chi connectivity index (χ0v) is 15.5. The van der Waals surface area contributed by atoms with E-state index in [0.717, 1.165) is 43.4 Å². The number of nitrogens with zero attached hydrogens (tertiary/aromatic N) is 1. The van der Waals surface area contributed by atoms with Gasteiger partial charge in [0.1, 0.15) is 12.1 Å². The minimum Gasteiger partial charge on any atom is -0.352 e. The number of rotatable bonds is 4. The van der Waals surface area contributed by atoms with Gasteiger partial charge in [-0.2, -0.15) is 0 Å². The first-order chi connectivity index (χ1) is 11.9. The van der Waals surface area contributed by atoms with Crippen LogP contribution in [0.25, 0.3) is 0 Å². The van der Waals surface area contributed by atoms with Crippen LogP contribution in [0.5, 0.6) is 0 Å². The van der Waals surface area contributed by atoms with E-state index in [2.05, 4.69) is 24.5 Å². The van der Waals surface area contributed by atoms with E-state index in [4.69, 9.17) is 0 Å². The number of carbonyl (C=O) groups is 3. The standard InChI is InChI=1S/C19H31N3O3/c1-3-14-8-10-19(11-9-14)17(24)22(18(25)21-19)12-16(23)20-15-7-5-4-6-13(15)2/h13-15H,3-12H2,1-2H3,(H,20,23)(H,21,25)/t13-,14?,15-,19?/m0/s1. The molecule has 6 heteroatoms. The van der Waals surface area contributed by atoms with Crippen LogP contribution in [0.3, 0.4) is 0 Å². The van der Waals surface area contributed by atoms with Gasteiger partial charge in [-0.15, -0.1) is 0 Å². The third-order valence-electron chi connectivity index (χ3n) is 6.54. The number of carbonyl (C=O) groups excluding carboxylic acids is 3. The molecule has 2 atom stereocenters. The Balaban J connectivity index is 1.58. The average Bonchev–Trinajstić information content (AvgIpc) is 2.82. The van der Waals surface area contributed by atoms with Crippen LogP contribution in [-0.2, 0) is 9.59 Å². The zero-order valence-electron chi connectivity index (χ0n) is 15.5. The molecule has 1 aliphatic heterocycles. The van der Waals surface area contributed by atoms with Gasteiger partial charge in [-0.05, 0) is 50.4 Å². The number of hydrogen-bond acceptors (Lipinski definition) is 3. The molecule has 6 nitrogen and oxygen atoms in total. The van der Waals surface area contributed by atoms with E-state index in [0.29, 0.717) is 24.7 Å². The summed E-state index contributed by atoms with van der Waals surface area (Å²) in [7, 11) is 0. The fraction of sp³-hybridized carbons (Fsp3) is 0.842. The van der Waals surface area contributed by atoms with Crippen molar-refractivity contribution in [3.63, 3.8) is 0 Å². The highest BCUT2D eigenvalue weighted by Gasteiger charge is 2.52. The summed E-state index contributed by atoms with van der Waals surface area (Å²) in [6, 6.07) is -0.247. The van der Waals surface area contributed by atoms with Crippen molar-refractivity contribution in [1.82, 2.24) is 15.5 Å². The molecule has 0 radical (unpaired) electrons. The maximum atomic E-state index is 12.8. The largest absolute Gasteiger partial charge is 0.352 e. The molecule has 1 heterocycles. The Bertz CT molecular complexity index is 540. The van der Waals surface area contributed by atoms with Crippen molar-refractivity contribution in [1.29, 1.82) is 0 Å². The van der Waals surface area contributed by atoms with Crippen molar-refractivity contribution in [2.24, 2.45) is 11.8 Å². The van der Waals surface area contributed by atoms with Crippen molar-refractivity contribution in [2.75, 3.05) is 6.54 Å². The van der Waals surface area contributed by atoms with Gasteiger partial charge < -0.3 is 10.6 Å². The van der Waals surface area contributed by atoms with Gasteiger partial charge in [0.15, 0.2) is 0 Å². The van der Waals surface area contributed by atoms with Gasteiger partial charge in [-0.1, -0.05) is 33.1 Å². The van der Waals surface area contributed by atoms with Gasteiger partial charge in [-0.25, -0.2) is 4.79 Å². The second-order valence-electron chi connectivity index (χ2n) is 8.19. The maximum Gasteiger partial charge on any atom is 0.325 e. The Hall–Kier alpha value is -1.59. The second kappa shape index (κ2) is 7.34. The lowest BCUT2D eigenvalue weighted by molar-refractivity contribution is -0.136. The van der Waals surface area contributed by atoms with E-state index in [1.165, 1.54) is 6.42 Å². The molecule has 3 aliphatic rings. The van der Waals surface area contributed by atoms with E-state index in [9.17, 15) is 14.4 Å². The van der Waals surface area contributed by atoms with Gasteiger partial charge in [0.05, 0.1) is 0 Å². The van der Waals surface area contributed by atoms with Crippen LogP contribution in [0.4, 0.5) is 4.79 Å². The van der Waals surface area contributed by atoms with Crippen LogP contribution in [0, 0.1) is 11.8 Å². The molecule has 25 heavy (non-hydrogen) atoms. The number of amides is 4. The van der Waals surface area contributed by atoms with Gasteiger partial charge >= 0.3 is 6.03 Å². The van der Waals surface area contributed by atoms with Crippen LogP contribution in [-0.4, -0.2) is 40.9 Å². The summed E-state index contributed by atoms with van der Waals surface area (Å²) in [5.74, 6) is 0.664. The van der Waals surface area contributed by atoms with E-state index < -0.39 is 11.6 Å². The highest BCUT2D eigenvalue weighted by Crippen LogP contribution is 2.37. The van der Waals surface area contributed by atoms with Crippen LogP contribution < -0.4 is 10.6 Å². The molecule has 4 amide bonds. The van der Waals surface area contributed by atoms with E-state index in [1.54, 1.807) is 0 Å². The topological polar surface area (TPSA) is 78.5 Å². The van der Waals surface area contributed by atoms with Gasteiger partial charge in [-0.3, -0.25) is 14.5 Å². The second-order valence-corrected chi connectivity index (χ2v) is 8.19. The molecule has 0 aromatic carbocycles. The molecule has 140 valence electrons. The van der Waals surface area contributed by atoms with Crippen molar-refractivity contribution in [3.8, 4) is 0 Å². The molecule has 0 bridgehead atoms. The van der Waals surface area contributed by atoms with Crippen molar-refractivity contribution < 1.29 is 14.4 Å².